The summed E-state index contributed by atoms with van der Waals surface area (Å²) in [4.78, 5) is 24.1. The van der Waals surface area contributed by atoms with Crippen molar-refractivity contribution < 1.29 is 9.59 Å². The summed E-state index contributed by atoms with van der Waals surface area (Å²) in [5.41, 5.74) is 0. The highest BCUT2D eigenvalue weighted by Crippen LogP contribution is 2.33. The Bertz CT molecular complexity index is 270. The third-order valence-electron chi connectivity index (χ3n) is 2.68. The molecule has 2 amide bonds. The van der Waals surface area contributed by atoms with Gasteiger partial charge in [0.05, 0.1) is 11.8 Å². The van der Waals surface area contributed by atoms with Crippen molar-refractivity contribution in [1.29, 1.82) is 0 Å². The van der Waals surface area contributed by atoms with Crippen molar-refractivity contribution in [3.8, 4) is 0 Å². The molecule has 0 saturated carbocycles. The van der Waals surface area contributed by atoms with Gasteiger partial charge in [-0.15, -0.1) is 0 Å². The Balaban J connectivity index is 2.34. The van der Waals surface area contributed by atoms with Gasteiger partial charge in [-0.05, 0) is 12.8 Å². The van der Waals surface area contributed by atoms with E-state index in [-0.39, 0.29) is 23.7 Å². The Morgan fingerprint density at radius 1 is 1.42 bits per heavy atom. The van der Waals surface area contributed by atoms with Gasteiger partial charge in [-0.25, -0.2) is 0 Å². The number of amides is 2. The van der Waals surface area contributed by atoms with Gasteiger partial charge in [-0.3, -0.25) is 14.5 Å². The molecular weight excluding hydrogens is 154 g/mol. The molecule has 1 saturated heterocycles. The molecule has 1 heterocycles. The molecule has 0 radical (unpaired) electrons. The number of hydrogen-bond acceptors (Lipinski definition) is 2. The minimum Gasteiger partial charge on any atom is -0.285 e. The predicted molar refractivity (Wildman–Crippen MR) is 43.1 cm³/mol. The minimum absolute atomic E-state index is 0.00523. The van der Waals surface area contributed by atoms with Crippen LogP contribution in [0.2, 0.25) is 0 Å². The summed E-state index contributed by atoms with van der Waals surface area (Å²) < 4.78 is 0. The first kappa shape index (κ1) is 7.53. The highest BCUT2D eigenvalue weighted by Gasteiger charge is 2.44. The molecule has 12 heavy (non-hydrogen) atoms. The van der Waals surface area contributed by atoms with Crippen LogP contribution in [-0.2, 0) is 9.59 Å². The van der Waals surface area contributed by atoms with E-state index in [0.29, 0.717) is 0 Å². The van der Waals surface area contributed by atoms with Gasteiger partial charge in [-0.2, -0.15) is 0 Å². The normalized spacial score (nSPS) is 34.2. The van der Waals surface area contributed by atoms with E-state index >= 15 is 0 Å². The lowest BCUT2D eigenvalue weighted by Crippen LogP contribution is -2.25. The summed E-state index contributed by atoms with van der Waals surface area (Å²) in [7, 11) is 1.57. The third kappa shape index (κ3) is 0.823. The van der Waals surface area contributed by atoms with Crippen molar-refractivity contribution in [1.82, 2.24) is 4.90 Å². The predicted octanol–water partition coefficient (Wildman–Crippen LogP) is 0.567. The van der Waals surface area contributed by atoms with Crippen molar-refractivity contribution in [2.24, 2.45) is 11.8 Å². The second-order valence-corrected chi connectivity index (χ2v) is 3.37. The molecule has 0 bridgehead atoms. The van der Waals surface area contributed by atoms with E-state index in [0.717, 1.165) is 12.8 Å². The SMILES string of the molecule is CN1C(=O)C2C=CCCC2C1=O. The number of allylic oxidation sites excluding steroid dienone is 1. The third-order valence-corrected chi connectivity index (χ3v) is 2.68. The van der Waals surface area contributed by atoms with Crippen molar-refractivity contribution in [2.75, 3.05) is 7.05 Å². The fourth-order valence-electron chi connectivity index (χ4n) is 1.94. The van der Waals surface area contributed by atoms with Crippen molar-refractivity contribution in [3.63, 3.8) is 0 Å². The lowest BCUT2D eigenvalue weighted by atomic mass is 9.86. The average molecular weight is 165 g/mol. The van der Waals surface area contributed by atoms with Gasteiger partial charge < -0.3 is 0 Å². The van der Waals surface area contributed by atoms with E-state index in [1.165, 1.54) is 4.90 Å². The van der Waals surface area contributed by atoms with Crippen LogP contribution in [0.5, 0.6) is 0 Å². The quantitative estimate of drug-likeness (QED) is 0.388. The number of fused-ring (bicyclic) bond motifs is 1. The Labute approximate surface area is 71.0 Å². The highest BCUT2D eigenvalue weighted by atomic mass is 16.2. The van der Waals surface area contributed by atoms with Crippen LogP contribution < -0.4 is 0 Å². The minimum atomic E-state index is -0.156. The van der Waals surface area contributed by atoms with Gasteiger partial charge in [0.15, 0.2) is 0 Å². The van der Waals surface area contributed by atoms with Crippen LogP contribution in [0.4, 0.5) is 0 Å². The monoisotopic (exact) mass is 165 g/mol. The summed E-state index contributed by atoms with van der Waals surface area (Å²) in [5, 5.41) is 0. The van der Waals surface area contributed by atoms with Crippen molar-refractivity contribution in [3.05, 3.63) is 12.2 Å². The second-order valence-electron chi connectivity index (χ2n) is 3.37. The molecule has 2 unspecified atom stereocenters. The van der Waals surface area contributed by atoms with E-state index in [4.69, 9.17) is 0 Å². The highest BCUT2D eigenvalue weighted by molar-refractivity contribution is 6.05. The van der Waals surface area contributed by atoms with Crippen LogP contribution in [-0.4, -0.2) is 23.8 Å². The van der Waals surface area contributed by atoms with Crippen molar-refractivity contribution in [2.45, 2.75) is 12.8 Å². The number of carbonyl (C=O) groups excluding carboxylic acids is 2. The molecule has 3 nitrogen and oxygen atoms in total. The molecule has 0 N–H and O–H groups in total. The average Bonchev–Trinajstić information content (AvgIpc) is 2.33. The number of likely N-dealkylation sites (tertiary alicyclic amines) is 1. The smallest absolute Gasteiger partial charge is 0.236 e. The first-order chi connectivity index (χ1) is 5.72. The molecule has 2 rings (SSSR count). The standard InChI is InChI=1S/C9H11NO2/c1-10-8(11)6-4-2-3-5-7(6)9(10)12/h2,4,6-7H,3,5H2,1H3. The Hall–Kier alpha value is -1.12. The second kappa shape index (κ2) is 2.44. The van der Waals surface area contributed by atoms with Gasteiger partial charge in [-0.1, -0.05) is 12.2 Å². The number of carbonyl (C=O) groups is 2. The molecule has 64 valence electrons. The molecule has 1 fully saturated rings. The van der Waals surface area contributed by atoms with Crippen LogP contribution >= 0.6 is 0 Å². The molecule has 0 aromatic carbocycles. The fraction of sp³-hybridized carbons (Fsp3) is 0.556. The van der Waals surface area contributed by atoms with Gasteiger partial charge in [0.2, 0.25) is 11.8 Å². The summed E-state index contributed by atoms with van der Waals surface area (Å²) in [6.07, 6.45) is 5.62. The topological polar surface area (TPSA) is 37.4 Å². The van der Waals surface area contributed by atoms with E-state index in [2.05, 4.69) is 0 Å². The molecule has 1 aliphatic carbocycles. The van der Waals surface area contributed by atoms with E-state index < -0.39 is 0 Å². The van der Waals surface area contributed by atoms with E-state index in [1.807, 2.05) is 12.2 Å². The molecule has 2 aliphatic rings. The summed E-state index contributed by atoms with van der Waals surface area (Å²) in [6.45, 7) is 0. The summed E-state index contributed by atoms with van der Waals surface area (Å²) in [5.74, 6) is -0.265. The number of hydrogen-bond donors (Lipinski definition) is 0. The zero-order chi connectivity index (χ0) is 8.72. The number of imide groups is 1. The Kier molecular flexibility index (Phi) is 1.53. The largest absolute Gasteiger partial charge is 0.285 e. The fourth-order valence-corrected chi connectivity index (χ4v) is 1.94. The zero-order valence-electron chi connectivity index (χ0n) is 6.99. The van der Waals surface area contributed by atoms with Crippen LogP contribution in [0.25, 0.3) is 0 Å². The van der Waals surface area contributed by atoms with E-state index in [1.54, 1.807) is 7.05 Å². The van der Waals surface area contributed by atoms with E-state index in [9.17, 15) is 9.59 Å². The summed E-state index contributed by atoms with van der Waals surface area (Å²) >= 11 is 0. The van der Waals surface area contributed by atoms with Crippen LogP contribution in [0.15, 0.2) is 12.2 Å². The maximum absolute atomic E-state index is 11.4. The number of rotatable bonds is 0. The molecule has 0 spiro atoms. The molecule has 2 atom stereocenters. The summed E-state index contributed by atoms with van der Waals surface area (Å²) in [6, 6.07) is 0. The Morgan fingerprint density at radius 3 is 2.83 bits per heavy atom. The maximum atomic E-state index is 11.4. The molecular formula is C9H11NO2. The number of nitrogens with zero attached hydrogens (tertiary/aromatic N) is 1. The molecule has 3 heteroatoms. The van der Waals surface area contributed by atoms with Gasteiger partial charge >= 0.3 is 0 Å². The van der Waals surface area contributed by atoms with Crippen LogP contribution in [0, 0.1) is 11.8 Å². The van der Waals surface area contributed by atoms with Crippen LogP contribution in [0.1, 0.15) is 12.8 Å². The lowest BCUT2D eigenvalue weighted by molar-refractivity contribution is -0.138. The van der Waals surface area contributed by atoms with Gasteiger partial charge in [0, 0.05) is 7.05 Å². The van der Waals surface area contributed by atoms with Crippen LogP contribution in [0.3, 0.4) is 0 Å². The molecule has 0 aromatic heterocycles. The zero-order valence-corrected chi connectivity index (χ0v) is 6.99. The first-order valence-corrected chi connectivity index (χ1v) is 4.20. The molecule has 0 aromatic rings. The molecule has 1 aliphatic heterocycles. The first-order valence-electron chi connectivity index (χ1n) is 4.20. The van der Waals surface area contributed by atoms with Gasteiger partial charge in [0.1, 0.15) is 0 Å². The van der Waals surface area contributed by atoms with Crippen molar-refractivity contribution >= 4 is 11.8 Å². The Morgan fingerprint density at radius 2 is 2.17 bits per heavy atom. The van der Waals surface area contributed by atoms with Gasteiger partial charge in [0.25, 0.3) is 0 Å². The lowest BCUT2D eigenvalue weighted by Gasteiger charge is -2.14. The maximum Gasteiger partial charge on any atom is 0.236 e.